The number of hydrogen-bond donors (Lipinski definition) is 2. The van der Waals surface area contributed by atoms with Crippen LogP contribution in [0.3, 0.4) is 0 Å². The van der Waals surface area contributed by atoms with E-state index in [0.29, 0.717) is 17.0 Å². The van der Waals surface area contributed by atoms with E-state index < -0.39 is 6.09 Å². The highest BCUT2D eigenvalue weighted by Crippen LogP contribution is 2.26. The van der Waals surface area contributed by atoms with Crippen molar-refractivity contribution in [3.63, 3.8) is 0 Å². The second-order valence-electron chi connectivity index (χ2n) is 7.91. The first-order chi connectivity index (χ1) is 16.0. The average molecular weight is 524 g/mol. The highest BCUT2D eigenvalue weighted by atomic mass is 35.5. The van der Waals surface area contributed by atoms with E-state index in [1.54, 1.807) is 19.2 Å². The van der Waals surface area contributed by atoms with Crippen molar-refractivity contribution >= 4 is 53.6 Å². The molecule has 3 rings (SSSR count). The van der Waals surface area contributed by atoms with E-state index in [4.69, 9.17) is 9.72 Å². The van der Waals surface area contributed by atoms with Gasteiger partial charge in [-0.05, 0) is 46.3 Å². The number of pyridine rings is 1. The SMILES string of the molecule is CCOC(=O)Nc1cc(NC(C)CCCN(CC)CC)c2ncc(-c3ccccc3)nc2n1.Cl.Cl. The summed E-state index contributed by atoms with van der Waals surface area (Å²) < 4.78 is 5.02. The van der Waals surface area contributed by atoms with Gasteiger partial charge in [-0.25, -0.2) is 19.7 Å². The first kappa shape index (κ1) is 30.4. The Kier molecular flexibility index (Phi) is 13.3. The Bertz CT molecular complexity index is 1050. The fourth-order valence-corrected chi connectivity index (χ4v) is 3.69. The number of amides is 1. The standard InChI is InChI=1S/C25H34N6O2.2ClH/c1-5-31(6-2)15-11-12-18(4)27-20-16-22(30-25(32)33-7-3)29-24-23(20)26-17-21(28-24)19-13-9-8-10-14-19;;/h8-10,13-14,16-18H,5-7,11-12,15H2,1-4H3,(H2,27,28,29,30,32);2*1H. The van der Waals surface area contributed by atoms with E-state index in [-0.39, 0.29) is 37.5 Å². The second-order valence-corrected chi connectivity index (χ2v) is 7.91. The molecule has 0 aliphatic carbocycles. The van der Waals surface area contributed by atoms with Gasteiger partial charge in [-0.15, -0.1) is 24.8 Å². The van der Waals surface area contributed by atoms with Gasteiger partial charge in [-0.1, -0.05) is 44.2 Å². The maximum absolute atomic E-state index is 12.0. The number of anilines is 2. The van der Waals surface area contributed by atoms with Crippen molar-refractivity contribution in [2.45, 2.75) is 46.6 Å². The molecule has 0 aliphatic rings. The fraction of sp³-hybridized carbons (Fsp3) is 0.440. The second kappa shape index (κ2) is 15.3. The van der Waals surface area contributed by atoms with E-state index in [1.807, 2.05) is 30.3 Å². The molecule has 2 N–H and O–H groups in total. The summed E-state index contributed by atoms with van der Waals surface area (Å²) in [4.78, 5) is 28.3. The van der Waals surface area contributed by atoms with Crippen LogP contribution in [0, 0.1) is 0 Å². The minimum atomic E-state index is -0.547. The molecular weight excluding hydrogens is 487 g/mol. The summed E-state index contributed by atoms with van der Waals surface area (Å²) in [6.45, 7) is 11.8. The number of nitrogens with one attached hydrogen (secondary N) is 2. The minimum absolute atomic E-state index is 0. The number of hydrogen-bond acceptors (Lipinski definition) is 7. The molecule has 0 bridgehead atoms. The first-order valence-electron chi connectivity index (χ1n) is 11.7. The zero-order chi connectivity index (χ0) is 23.6. The molecule has 0 radical (unpaired) electrons. The molecule has 3 aromatic rings. The van der Waals surface area contributed by atoms with Crippen LogP contribution in [-0.2, 0) is 4.74 Å². The van der Waals surface area contributed by atoms with Crippen molar-refractivity contribution in [1.29, 1.82) is 0 Å². The number of carbonyl (C=O) groups is 1. The molecule has 1 unspecified atom stereocenters. The number of halogens is 2. The van der Waals surface area contributed by atoms with Crippen LogP contribution >= 0.6 is 24.8 Å². The zero-order valence-electron chi connectivity index (χ0n) is 20.8. The quantitative estimate of drug-likeness (QED) is 0.317. The van der Waals surface area contributed by atoms with Crippen LogP contribution in [0.25, 0.3) is 22.4 Å². The normalized spacial score (nSPS) is 11.3. The van der Waals surface area contributed by atoms with Gasteiger partial charge in [-0.2, -0.15) is 0 Å². The number of carbonyl (C=O) groups excluding carboxylic acids is 1. The van der Waals surface area contributed by atoms with Crippen LogP contribution in [0.15, 0.2) is 42.6 Å². The highest BCUT2D eigenvalue weighted by Gasteiger charge is 2.14. The molecule has 10 heteroatoms. The largest absolute Gasteiger partial charge is 0.450 e. The van der Waals surface area contributed by atoms with Gasteiger partial charge in [0.25, 0.3) is 0 Å². The maximum Gasteiger partial charge on any atom is 0.412 e. The summed E-state index contributed by atoms with van der Waals surface area (Å²) in [5, 5.41) is 6.24. The lowest BCUT2D eigenvalue weighted by Gasteiger charge is -2.21. The molecule has 0 fully saturated rings. The van der Waals surface area contributed by atoms with Crippen LogP contribution in [0.1, 0.15) is 40.5 Å². The molecule has 0 saturated carbocycles. The maximum atomic E-state index is 12.0. The third-order valence-corrected chi connectivity index (χ3v) is 5.50. The number of fused-ring (bicyclic) bond motifs is 1. The lowest BCUT2D eigenvalue weighted by molar-refractivity contribution is 0.168. The van der Waals surface area contributed by atoms with Crippen LogP contribution in [0.5, 0.6) is 0 Å². The molecule has 1 amide bonds. The van der Waals surface area contributed by atoms with Crippen molar-refractivity contribution < 1.29 is 9.53 Å². The van der Waals surface area contributed by atoms with E-state index in [1.165, 1.54) is 0 Å². The van der Waals surface area contributed by atoms with Crippen LogP contribution < -0.4 is 10.6 Å². The van der Waals surface area contributed by atoms with Crippen LogP contribution in [-0.4, -0.2) is 58.2 Å². The highest BCUT2D eigenvalue weighted by molar-refractivity contribution is 5.92. The minimum Gasteiger partial charge on any atom is -0.450 e. The summed E-state index contributed by atoms with van der Waals surface area (Å²) in [6.07, 6.45) is 3.32. The van der Waals surface area contributed by atoms with Crippen molar-refractivity contribution in [2.24, 2.45) is 0 Å². The van der Waals surface area contributed by atoms with E-state index in [9.17, 15) is 4.79 Å². The molecule has 0 saturated heterocycles. The predicted octanol–water partition coefficient (Wildman–Crippen LogP) is 6.03. The monoisotopic (exact) mass is 522 g/mol. The molecule has 1 aromatic carbocycles. The van der Waals surface area contributed by atoms with Gasteiger partial charge in [0, 0.05) is 17.7 Å². The van der Waals surface area contributed by atoms with Crippen molar-refractivity contribution in [3.8, 4) is 11.3 Å². The van der Waals surface area contributed by atoms with Gasteiger partial charge in [0.05, 0.1) is 24.2 Å². The fourth-order valence-electron chi connectivity index (χ4n) is 3.69. The molecule has 0 aliphatic heterocycles. The van der Waals surface area contributed by atoms with Gasteiger partial charge in [0.1, 0.15) is 11.3 Å². The summed E-state index contributed by atoms with van der Waals surface area (Å²) in [7, 11) is 0. The molecular formula is C25H36Cl2N6O2. The zero-order valence-corrected chi connectivity index (χ0v) is 22.4. The molecule has 2 aromatic heterocycles. The van der Waals surface area contributed by atoms with Crippen molar-refractivity contribution in [1.82, 2.24) is 19.9 Å². The molecule has 192 valence electrons. The first-order valence-corrected chi connectivity index (χ1v) is 11.7. The van der Waals surface area contributed by atoms with Gasteiger partial charge in [-0.3, -0.25) is 5.32 Å². The number of aromatic nitrogens is 3. The predicted molar refractivity (Wildman–Crippen MR) is 148 cm³/mol. The Balaban J connectivity index is 0.00000306. The van der Waals surface area contributed by atoms with E-state index in [0.717, 1.165) is 49.4 Å². The Hall–Kier alpha value is -2.68. The Morgan fingerprint density at radius 1 is 1.09 bits per heavy atom. The van der Waals surface area contributed by atoms with Gasteiger partial charge >= 0.3 is 6.09 Å². The van der Waals surface area contributed by atoms with E-state index in [2.05, 4.69) is 46.3 Å². The third-order valence-electron chi connectivity index (χ3n) is 5.50. The summed E-state index contributed by atoms with van der Waals surface area (Å²) in [5.41, 5.74) is 3.59. The van der Waals surface area contributed by atoms with Gasteiger partial charge in [0.15, 0.2) is 5.65 Å². The molecule has 1 atom stereocenters. The van der Waals surface area contributed by atoms with Gasteiger partial charge < -0.3 is 15.0 Å². The average Bonchev–Trinajstić information content (AvgIpc) is 2.82. The lowest BCUT2D eigenvalue weighted by Crippen LogP contribution is -2.25. The topological polar surface area (TPSA) is 92.3 Å². The number of benzene rings is 1. The molecule has 0 spiro atoms. The summed E-state index contributed by atoms with van der Waals surface area (Å²) in [5.74, 6) is 0.373. The van der Waals surface area contributed by atoms with Crippen LogP contribution in [0.2, 0.25) is 0 Å². The Morgan fingerprint density at radius 3 is 2.46 bits per heavy atom. The van der Waals surface area contributed by atoms with E-state index >= 15 is 0 Å². The Labute approximate surface area is 220 Å². The van der Waals surface area contributed by atoms with Crippen LogP contribution in [0.4, 0.5) is 16.3 Å². The molecule has 35 heavy (non-hydrogen) atoms. The number of ether oxygens (including phenoxy) is 1. The third kappa shape index (κ3) is 8.80. The Morgan fingerprint density at radius 2 is 1.80 bits per heavy atom. The van der Waals surface area contributed by atoms with Gasteiger partial charge in [0.2, 0.25) is 0 Å². The molecule has 2 heterocycles. The molecule has 8 nitrogen and oxygen atoms in total. The number of nitrogens with zero attached hydrogens (tertiary/aromatic N) is 4. The van der Waals surface area contributed by atoms with Crippen molar-refractivity contribution in [2.75, 3.05) is 36.9 Å². The summed E-state index contributed by atoms with van der Waals surface area (Å²) in [6, 6.07) is 11.8. The van der Waals surface area contributed by atoms with Crippen molar-refractivity contribution in [3.05, 3.63) is 42.6 Å². The lowest BCUT2D eigenvalue weighted by atomic mass is 10.1. The smallest absolute Gasteiger partial charge is 0.412 e. The summed E-state index contributed by atoms with van der Waals surface area (Å²) >= 11 is 0. The number of rotatable bonds is 11.